The molecule has 0 saturated carbocycles. The Morgan fingerprint density at radius 3 is 1.35 bits per heavy atom. The number of H-pyrrole nitrogens is 8. The number of imide groups is 2. The molecule has 0 spiro atoms. The summed E-state index contributed by atoms with van der Waals surface area (Å²) < 4.78 is 0. The minimum Gasteiger partial charge on any atom is -0.494 e. The lowest BCUT2D eigenvalue weighted by molar-refractivity contribution is -0.124. The fourth-order valence-electron chi connectivity index (χ4n) is 6.63. The minimum absolute atomic E-state index is 0.0411. The van der Waals surface area contributed by atoms with E-state index in [4.69, 9.17) is 6.57 Å². The van der Waals surface area contributed by atoms with Gasteiger partial charge in [0.2, 0.25) is 34.9 Å². The zero-order valence-electron chi connectivity index (χ0n) is 35.5. The highest BCUT2D eigenvalue weighted by Crippen LogP contribution is 2.36. The van der Waals surface area contributed by atoms with E-state index < -0.39 is 109 Å². The summed E-state index contributed by atoms with van der Waals surface area (Å²) in [6, 6.07) is 12.1. The summed E-state index contributed by atoms with van der Waals surface area (Å²) in [5, 5.41) is 51.3. The van der Waals surface area contributed by atoms with E-state index in [9.17, 15) is 78.0 Å². The van der Waals surface area contributed by atoms with Gasteiger partial charge in [-0.2, -0.15) is 0 Å². The molecule has 4 aromatic heterocycles. The number of aromatic nitrogens is 8. The maximum Gasteiger partial charge on any atom is 0.328 e. The number of aromatic hydroxyl groups is 4. The van der Waals surface area contributed by atoms with E-state index in [0.717, 1.165) is 0 Å². The number of amides is 5. The summed E-state index contributed by atoms with van der Waals surface area (Å²) in [5.41, 5.74) is -8.51. The van der Waals surface area contributed by atoms with E-state index in [0.29, 0.717) is 22.3 Å². The number of carbonyl (C=O) groups excluding carboxylic acids is 4. The van der Waals surface area contributed by atoms with Crippen LogP contribution in [0.2, 0.25) is 0 Å². The van der Waals surface area contributed by atoms with Gasteiger partial charge >= 0.3 is 28.8 Å². The van der Waals surface area contributed by atoms with E-state index in [1.54, 1.807) is 58.5 Å². The molecule has 7 heterocycles. The molecule has 0 radical (unpaired) electrons. The number of nitrogens with zero attached hydrogens (tertiary/aromatic N) is 5. The number of benzene rings is 2. The standard InChI is InChI=1S/C16H9N5O6.C16H11N5O4.C8H6N6O6/c22-11-7(12(23)19-15(26)18-11)9-5-3-1-2-4-6(5)10(17-9)8-13(24)20-16(27)21-14(8)25;1-17-12(15(24)18-2)11-8-6-4-3-5-7(8)10(19-11)9-13(22)20-16(25)21-14(9)23;15-3-1(4(16)10-7(19)9-3)13-14-2-5(17)11-8(20)12-6(2)18/h1-4H,(H2,18,19,22,23,26)(H3,20,21,24,25,27);3-6H,2H3,(H,18,24)(H3,20,21,22,23,25);(H3,9,10,15,16,19)(H3,11,12,17,18,20)/b;12-11-;. The predicted molar refractivity (Wildman–Crippen MR) is 242 cm³/mol. The molecule has 5 amide bonds. The molecule has 0 aliphatic carbocycles. The number of aliphatic imine (C=N–C) groups is 2. The summed E-state index contributed by atoms with van der Waals surface area (Å²) in [6.07, 6.45) is 0. The highest BCUT2D eigenvalue weighted by Gasteiger charge is 2.36. The molecule has 2 aromatic carbocycles. The highest BCUT2D eigenvalue weighted by molar-refractivity contribution is 6.34. The maximum atomic E-state index is 12.2. The van der Waals surface area contributed by atoms with E-state index in [-0.39, 0.29) is 39.6 Å². The topological polar surface area (TPSA) is 502 Å². The largest absolute Gasteiger partial charge is 0.494 e. The summed E-state index contributed by atoms with van der Waals surface area (Å²) in [7, 11) is 1.39. The van der Waals surface area contributed by atoms with Gasteiger partial charge in [-0.1, -0.05) is 48.5 Å². The number of urea groups is 1. The Bertz CT molecular complexity index is 3990. The van der Waals surface area contributed by atoms with Crippen molar-refractivity contribution in [2.24, 2.45) is 20.2 Å². The zero-order valence-corrected chi connectivity index (χ0v) is 35.5. The van der Waals surface area contributed by atoms with Crippen molar-refractivity contribution < 1.29 is 39.6 Å². The number of nitrogens with one attached hydrogen (secondary N) is 11. The molecule has 6 aromatic rings. The van der Waals surface area contributed by atoms with Crippen LogP contribution in [0.4, 0.5) is 16.2 Å². The Kier molecular flexibility index (Phi) is 12.9. The molecule has 32 nitrogen and oxygen atoms in total. The number of aromatic amines is 8. The molecule has 0 bridgehead atoms. The predicted octanol–water partition coefficient (Wildman–Crippen LogP) is -3.08. The monoisotopic (exact) mass is 986 g/mol. The van der Waals surface area contributed by atoms with Crippen LogP contribution in [0.3, 0.4) is 0 Å². The van der Waals surface area contributed by atoms with Gasteiger partial charge in [-0.05, 0) is 5.56 Å². The maximum absolute atomic E-state index is 12.2. The van der Waals surface area contributed by atoms with Crippen molar-refractivity contribution >= 4 is 57.9 Å². The smallest absolute Gasteiger partial charge is 0.328 e. The zero-order chi connectivity index (χ0) is 52.3. The van der Waals surface area contributed by atoms with Crippen molar-refractivity contribution in [3.63, 3.8) is 0 Å². The number of hydrogen-bond donors (Lipinski definition) is 15. The number of likely N-dealkylation sites (N-methyl/N-ethyl adjacent to an activating group) is 1. The Morgan fingerprint density at radius 2 is 0.931 bits per heavy atom. The summed E-state index contributed by atoms with van der Waals surface area (Å²) in [4.78, 5) is 166. The van der Waals surface area contributed by atoms with E-state index >= 15 is 0 Å². The highest BCUT2D eigenvalue weighted by atomic mass is 16.3. The first-order valence-corrected chi connectivity index (χ1v) is 19.5. The Morgan fingerprint density at radius 1 is 0.542 bits per heavy atom. The van der Waals surface area contributed by atoms with Gasteiger partial charge in [-0.15, -0.1) is 10.2 Å². The van der Waals surface area contributed by atoms with Gasteiger partial charge in [0.25, 0.3) is 45.7 Å². The van der Waals surface area contributed by atoms with Crippen LogP contribution in [0.15, 0.2) is 118 Å². The molecule has 15 N–H and O–H groups in total. The molecule has 9 rings (SSSR count). The second kappa shape index (κ2) is 19.3. The van der Waals surface area contributed by atoms with Crippen molar-refractivity contribution in [3.05, 3.63) is 188 Å². The van der Waals surface area contributed by atoms with Crippen LogP contribution in [0.5, 0.6) is 23.5 Å². The van der Waals surface area contributed by atoms with E-state index in [1.165, 1.54) is 7.05 Å². The number of rotatable bonds is 5. The molecule has 32 heteroatoms. The lowest BCUT2D eigenvalue weighted by Crippen LogP contribution is -2.51. The van der Waals surface area contributed by atoms with Crippen LogP contribution in [0, 0.1) is 6.57 Å². The quantitative estimate of drug-likeness (QED) is 0.0352. The Balaban J connectivity index is 0.000000160. The minimum atomic E-state index is -1.06. The number of azo groups is 1. The van der Waals surface area contributed by atoms with Crippen LogP contribution in [-0.2, 0) is 14.4 Å². The van der Waals surface area contributed by atoms with E-state index in [1.807, 2.05) is 35.6 Å². The fraction of sp³-hybridized carbons (Fsp3) is 0.0250. The average molecular weight is 987 g/mol. The third kappa shape index (κ3) is 9.34. The summed E-state index contributed by atoms with van der Waals surface area (Å²) >= 11 is 0. The third-order valence-electron chi connectivity index (χ3n) is 9.61. The molecule has 3 aliphatic heterocycles. The van der Waals surface area contributed by atoms with Crippen molar-refractivity contribution in [1.29, 1.82) is 0 Å². The van der Waals surface area contributed by atoms with Crippen LogP contribution in [0.25, 0.3) is 16.2 Å². The van der Waals surface area contributed by atoms with Crippen LogP contribution in [-0.4, -0.2) is 103 Å². The van der Waals surface area contributed by atoms with Gasteiger partial charge in [0.1, 0.15) is 16.7 Å². The molecule has 3 aliphatic rings. The fourth-order valence-corrected chi connectivity index (χ4v) is 6.63. The third-order valence-corrected chi connectivity index (χ3v) is 9.61. The lowest BCUT2D eigenvalue weighted by atomic mass is 9.98. The number of fused-ring (bicyclic) bond motifs is 2. The Hall–Kier alpha value is -11.7. The van der Waals surface area contributed by atoms with Crippen molar-refractivity contribution in [2.75, 3.05) is 7.05 Å². The SMILES string of the molecule is O=C1NC(=O)C(=C2N=C(c3c(O)[nH]c(=O)[nH]c3=O)c3ccccc32)C(=O)N1.O=c1[nH]c(O)c(N=Nc2c(O)[nH]c(=O)[nH]c2=O)c(=O)[nH]1.[C-]#[N+]/C(C(=O)NC)=C1\N=C(c2c(O)[nH]c(=O)[nH]c2=O)c2ccccc21. The molecule has 1 saturated heterocycles. The van der Waals surface area contributed by atoms with Gasteiger partial charge in [0.05, 0.1) is 29.4 Å². The Labute approximate surface area is 391 Å². The summed E-state index contributed by atoms with van der Waals surface area (Å²) in [5.74, 6) is -5.62. The lowest BCUT2D eigenvalue weighted by Gasteiger charge is -2.15. The molecular weight excluding hydrogens is 961 g/mol. The average Bonchev–Trinajstić information content (AvgIpc) is 3.85. The first-order valence-electron chi connectivity index (χ1n) is 19.5. The molecule has 72 heavy (non-hydrogen) atoms. The second-order valence-corrected chi connectivity index (χ2v) is 14.0. The van der Waals surface area contributed by atoms with Crippen LogP contribution < -0.4 is 60.9 Å². The van der Waals surface area contributed by atoms with Crippen molar-refractivity contribution in [2.45, 2.75) is 0 Å². The van der Waals surface area contributed by atoms with Gasteiger partial charge in [-0.3, -0.25) is 89.1 Å². The van der Waals surface area contributed by atoms with Crippen molar-refractivity contribution in [3.8, 4) is 23.5 Å². The van der Waals surface area contributed by atoms with Gasteiger partial charge in [0, 0.05) is 23.7 Å². The molecule has 0 atom stereocenters. The number of carbonyl (C=O) groups is 4. The molecule has 0 unspecified atom stereocenters. The first kappa shape index (κ1) is 48.3. The van der Waals surface area contributed by atoms with Crippen molar-refractivity contribution in [1.82, 2.24) is 55.8 Å². The first-order chi connectivity index (χ1) is 34.2. The van der Waals surface area contributed by atoms with Gasteiger partial charge in [0.15, 0.2) is 0 Å². The molecular formula is C40H26N16O16. The molecule has 1 fully saturated rings. The van der Waals surface area contributed by atoms with E-state index in [2.05, 4.69) is 35.4 Å². The summed E-state index contributed by atoms with van der Waals surface area (Å²) in [6.45, 7) is 7.26. The second-order valence-electron chi connectivity index (χ2n) is 14.0. The normalized spacial score (nSPS) is 14.0. The number of hydrogen-bond acceptors (Lipinski definition) is 20. The van der Waals surface area contributed by atoms with Crippen LogP contribution in [0.1, 0.15) is 33.4 Å². The van der Waals surface area contributed by atoms with Gasteiger partial charge < -0.3 is 25.7 Å². The van der Waals surface area contributed by atoms with Gasteiger partial charge in [-0.25, -0.2) is 33.8 Å². The number of barbiturate groups is 1. The van der Waals surface area contributed by atoms with Crippen LogP contribution >= 0.6 is 0 Å². The molecule has 362 valence electrons.